The zero-order valence-electron chi connectivity index (χ0n) is 15.0. The fourth-order valence-corrected chi connectivity index (χ4v) is 3.80. The van der Waals surface area contributed by atoms with Crippen LogP contribution in [0, 0.1) is 10.1 Å². The Bertz CT molecular complexity index is 964. The monoisotopic (exact) mass is 364 g/mol. The van der Waals surface area contributed by atoms with Crippen molar-refractivity contribution in [2.24, 2.45) is 0 Å². The van der Waals surface area contributed by atoms with E-state index in [1.807, 2.05) is 30.3 Å². The van der Waals surface area contributed by atoms with Crippen molar-refractivity contribution in [2.45, 2.75) is 6.54 Å². The molecular weight excluding hydrogens is 342 g/mol. The predicted molar refractivity (Wildman–Crippen MR) is 105 cm³/mol. The maximum atomic E-state index is 10.8. The number of phenols is 1. The summed E-state index contributed by atoms with van der Waals surface area (Å²) in [6, 6.07) is 18.6. The van der Waals surface area contributed by atoms with Crippen LogP contribution in [0.1, 0.15) is 5.56 Å². The zero-order chi connectivity index (χ0) is 18.8. The van der Waals surface area contributed by atoms with Gasteiger partial charge < -0.3 is 14.9 Å². The van der Waals surface area contributed by atoms with Gasteiger partial charge in [-0.05, 0) is 29.0 Å². The van der Waals surface area contributed by atoms with Gasteiger partial charge in [-0.15, -0.1) is 0 Å². The number of anilines is 1. The number of hydrogen-bond donors (Lipinski definition) is 2. The number of nitrogens with zero attached hydrogens (tertiary/aromatic N) is 2. The second-order valence-corrected chi connectivity index (χ2v) is 6.97. The standard InChI is InChI=1S/C21H21N3O3/c25-21-10-5-16-3-1-2-4-19(16)20(21)15-22-11-13-23(14-12-22)17-6-8-18(9-7-17)24(26)27/h1-10,25H,11-15H2/p+1. The Morgan fingerprint density at radius 1 is 1.00 bits per heavy atom. The SMILES string of the molecule is O=[N+]([O-])c1ccc(N2CC[NH+](Cc3c(O)ccc4ccccc34)CC2)cc1. The average molecular weight is 364 g/mol. The molecule has 27 heavy (non-hydrogen) atoms. The lowest BCUT2D eigenvalue weighted by Crippen LogP contribution is -3.13. The lowest BCUT2D eigenvalue weighted by Gasteiger charge is -2.33. The van der Waals surface area contributed by atoms with Crippen molar-refractivity contribution in [3.05, 3.63) is 76.3 Å². The molecule has 3 aromatic carbocycles. The molecule has 0 atom stereocenters. The maximum Gasteiger partial charge on any atom is 0.269 e. The van der Waals surface area contributed by atoms with Crippen molar-refractivity contribution < 1.29 is 14.9 Å². The van der Waals surface area contributed by atoms with Gasteiger partial charge in [0, 0.05) is 17.8 Å². The fraction of sp³-hybridized carbons (Fsp3) is 0.238. The second-order valence-electron chi connectivity index (χ2n) is 6.97. The first-order chi connectivity index (χ1) is 13.1. The minimum atomic E-state index is -0.372. The molecule has 0 aliphatic carbocycles. The Labute approximate surface area is 157 Å². The summed E-state index contributed by atoms with van der Waals surface area (Å²) in [6.07, 6.45) is 0. The number of hydrogen-bond acceptors (Lipinski definition) is 4. The van der Waals surface area contributed by atoms with Crippen LogP contribution in [0.4, 0.5) is 11.4 Å². The van der Waals surface area contributed by atoms with E-state index in [0.29, 0.717) is 5.75 Å². The molecular formula is C21H22N3O3+. The molecule has 1 aliphatic rings. The van der Waals surface area contributed by atoms with E-state index in [1.54, 1.807) is 18.2 Å². The summed E-state index contributed by atoms with van der Waals surface area (Å²) >= 11 is 0. The smallest absolute Gasteiger partial charge is 0.269 e. The summed E-state index contributed by atoms with van der Waals surface area (Å²) in [5.41, 5.74) is 2.15. The van der Waals surface area contributed by atoms with Gasteiger partial charge in [0.2, 0.25) is 0 Å². The number of benzene rings is 3. The number of nitro groups is 1. The van der Waals surface area contributed by atoms with E-state index in [-0.39, 0.29) is 10.6 Å². The van der Waals surface area contributed by atoms with Gasteiger partial charge in [0.1, 0.15) is 12.3 Å². The zero-order valence-corrected chi connectivity index (χ0v) is 15.0. The Morgan fingerprint density at radius 3 is 2.41 bits per heavy atom. The van der Waals surface area contributed by atoms with Crippen molar-refractivity contribution in [1.29, 1.82) is 0 Å². The normalized spacial score (nSPS) is 15.2. The third-order valence-electron chi connectivity index (χ3n) is 5.34. The molecule has 1 fully saturated rings. The quantitative estimate of drug-likeness (QED) is 0.551. The van der Waals surface area contributed by atoms with Crippen LogP contribution in [0.5, 0.6) is 5.75 Å². The van der Waals surface area contributed by atoms with Gasteiger partial charge in [-0.3, -0.25) is 10.1 Å². The van der Waals surface area contributed by atoms with Gasteiger partial charge >= 0.3 is 0 Å². The average Bonchev–Trinajstić information content (AvgIpc) is 2.71. The largest absolute Gasteiger partial charge is 0.507 e. The van der Waals surface area contributed by atoms with Gasteiger partial charge in [0.15, 0.2) is 0 Å². The summed E-state index contributed by atoms with van der Waals surface area (Å²) < 4.78 is 0. The highest BCUT2D eigenvalue weighted by molar-refractivity contribution is 5.87. The van der Waals surface area contributed by atoms with E-state index >= 15 is 0 Å². The number of fused-ring (bicyclic) bond motifs is 1. The molecule has 0 unspecified atom stereocenters. The Hall–Kier alpha value is -3.12. The van der Waals surface area contributed by atoms with E-state index in [1.165, 1.54) is 4.90 Å². The van der Waals surface area contributed by atoms with Gasteiger partial charge in [-0.2, -0.15) is 0 Å². The highest BCUT2D eigenvalue weighted by Gasteiger charge is 2.22. The van der Waals surface area contributed by atoms with Crippen LogP contribution in [0.15, 0.2) is 60.7 Å². The molecule has 0 amide bonds. The highest BCUT2D eigenvalue weighted by atomic mass is 16.6. The molecule has 1 saturated heterocycles. The molecule has 138 valence electrons. The predicted octanol–water partition coefficient (Wildman–Crippen LogP) is 2.36. The lowest BCUT2D eigenvalue weighted by atomic mass is 10.0. The maximum absolute atomic E-state index is 10.8. The Morgan fingerprint density at radius 2 is 1.70 bits per heavy atom. The van der Waals surface area contributed by atoms with Crippen LogP contribution in [0.25, 0.3) is 10.8 Å². The minimum absolute atomic E-state index is 0.120. The van der Waals surface area contributed by atoms with Crippen LogP contribution in [-0.2, 0) is 6.54 Å². The fourth-order valence-electron chi connectivity index (χ4n) is 3.80. The Balaban J connectivity index is 1.44. The van der Waals surface area contributed by atoms with Crippen LogP contribution in [0.2, 0.25) is 0 Å². The molecule has 1 aliphatic heterocycles. The Kier molecular flexibility index (Phi) is 4.64. The first-order valence-corrected chi connectivity index (χ1v) is 9.14. The van der Waals surface area contributed by atoms with E-state index in [2.05, 4.69) is 17.0 Å². The number of non-ortho nitro benzene ring substituents is 1. The van der Waals surface area contributed by atoms with Gasteiger partial charge in [0.25, 0.3) is 5.69 Å². The molecule has 4 rings (SSSR count). The van der Waals surface area contributed by atoms with E-state index in [0.717, 1.165) is 54.7 Å². The summed E-state index contributed by atoms with van der Waals surface area (Å²) in [5.74, 6) is 0.360. The first kappa shape index (κ1) is 17.3. The van der Waals surface area contributed by atoms with Crippen LogP contribution in [0.3, 0.4) is 0 Å². The van der Waals surface area contributed by atoms with Crippen molar-refractivity contribution in [2.75, 3.05) is 31.1 Å². The molecule has 3 aromatic rings. The summed E-state index contributed by atoms with van der Waals surface area (Å²) in [4.78, 5) is 14.1. The topological polar surface area (TPSA) is 71.0 Å². The number of quaternary nitrogens is 1. The van der Waals surface area contributed by atoms with Crippen LogP contribution in [-0.4, -0.2) is 36.2 Å². The van der Waals surface area contributed by atoms with Crippen molar-refractivity contribution >= 4 is 22.1 Å². The van der Waals surface area contributed by atoms with Crippen LogP contribution < -0.4 is 9.80 Å². The summed E-state index contributed by atoms with van der Waals surface area (Å²) in [5, 5.41) is 23.4. The first-order valence-electron chi connectivity index (χ1n) is 9.14. The molecule has 0 radical (unpaired) electrons. The number of phenolic OH excluding ortho intramolecular Hbond substituents is 1. The van der Waals surface area contributed by atoms with Gasteiger partial charge in [-0.1, -0.05) is 30.3 Å². The molecule has 0 saturated carbocycles. The lowest BCUT2D eigenvalue weighted by molar-refractivity contribution is -0.914. The number of rotatable bonds is 4. The third-order valence-corrected chi connectivity index (χ3v) is 5.34. The molecule has 6 heteroatoms. The summed E-state index contributed by atoms with van der Waals surface area (Å²) in [6.45, 7) is 4.48. The number of nitro benzene ring substituents is 1. The molecule has 1 heterocycles. The van der Waals surface area contributed by atoms with E-state index < -0.39 is 0 Å². The highest BCUT2D eigenvalue weighted by Crippen LogP contribution is 2.26. The second kappa shape index (κ2) is 7.25. The van der Waals surface area contributed by atoms with Gasteiger partial charge in [0.05, 0.1) is 36.7 Å². The van der Waals surface area contributed by atoms with Crippen LogP contribution >= 0.6 is 0 Å². The third kappa shape index (κ3) is 3.57. The van der Waals surface area contributed by atoms with Gasteiger partial charge in [-0.25, -0.2) is 0 Å². The van der Waals surface area contributed by atoms with Crippen molar-refractivity contribution in [3.63, 3.8) is 0 Å². The van der Waals surface area contributed by atoms with E-state index in [9.17, 15) is 15.2 Å². The number of aromatic hydroxyl groups is 1. The summed E-state index contributed by atoms with van der Waals surface area (Å²) in [7, 11) is 0. The van der Waals surface area contributed by atoms with Crippen molar-refractivity contribution in [3.8, 4) is 5.75 Å². The van der Waals surface area contributed by atoms with Crippen molar-refractivity contribution in [1.82, 2.24) is 0 Å². The number of piperazine rings is 1. The van der Waals surface area contributed by atoms with E-state index in [4.69, 9.17) is 0 Å². The minimum Gasteiger partial charge on any atom is -0.507 e. The molecule has 6 nitrogen and oxygen atoms in total. The molecule has 2 N–H and O–H groups in total. The molecule has 0 spiro atoms. The molecule has 0 bridgehead atoms. The number of nitrogens with one attached hydrogen (secondary N) is 1. The molecule has 0 aromatic heterocycles.